The van der Waals surface area contributed by atoms with E-state index in [1.54, 1.807) is 12.1 Å². The van der Waals surface area contributed by atoms with Crippen LogP contribution < -0.4 is 26.6 Å². The van der Waals surface area contributed by atoms with Crippen LogP contribution in [0.1, 0.15) is 48.8 Å². The molecule has 3 aromatic heterocycles. The number of nitrogen functional groups attached to an aromatic ring is 1. The molecule has 6 N–H and O–H groups in total. The average Bonchev–Trinajstić information content (AvgIpc) is 3.63. The summed E-state index contributed by atoms with van der Waals surface area (Å²) in [7, 11) is 0. The van der Waals surface area contributed by atoms with Gasteiger partial charge < -0.3 is 26.6 Å². The molecule has 1 amide bonds. The van der Waals surface area contributed by atoms with Gasteiger partial charge in [0.05, 0.1) is 5.69 Å². The van der Waals surface area contributed by atoms with Gasteiger partial charge in [0.2, 0.25) is 5.95 Å². The van der Waals surface area contributed by atoms with Crippen molar-refractivity contribution in [2.24, 2.45) is 0 Å². The largest absolute Gasteiger partial charge is 0.382 e. The number of amides is 1. The van der Waals surface area contributed by atoms with Gasteiger partial charge in [0.15, 0.2) is 11.6 Å². The summed E-state index contributed by atoms with van der Waals surface area (Å²) < 4.78 is 0. The van der Waals surface area contributed by atoms with Gasteiger partial charge in [-0.25, -0.2) is 15.0 Å². The number of fused-ring (bicyclic) bond motifs is 3. The summed E-state index contributed by atoms with van der Waals surface area (Å²) in [6.07, 6.45) is 2.50. The van der Waals surface area contributed by atoms with Crippen LogP contribution >= 0.6 is 0 Å². The van der Waals surface area contributed by atoms with Crippen LogP contribution in [0.25, 0.3) is 11.0 Å². The second-order valence-corrected chi connectivity index (χ2v) is 11.0. The Morgan fingerprint density at radius 3 is 2.71 bits per heavy atom. The number of anilines is 5. The molecule has 5 heterocycles. The van der Waals surface area contributed by atoms with Gasteiger partial charge >= 0.3 is 0 Å². The lowest BCUT2D eigenvalue weighted by Crippen LogP contribution is -2.44. The minimum Gasteiger partial charge on any atom is -0.382 e. The highest BCUT2D eigenvalue weighted by molar-refractivity contribution is 6.04. The number of carbonyl (C=O) groups is 1. The summed E-state index contributed by atoms with van der Waals surface area (Å²) in [5, 5.41) is 16.9. The maximum absolute atomic E-state index is 13.0. The number of nitrogens with two attached hydrogens (primary N) is 1. The van der Waals surface area contributed by atoms with Gasteiger partial charge in [-0.2, -0.15) is 10.1 Å². The maximum atomic E-state index is 13.0. The standard InChI is InChI=1S/C26H31N11O/c1-13-5-6-14(24(38)32-19-9-18(35-36-19)26(2,3)4)7-17(13)31-23-21-20(29-12-30-23)22(27)34-25(33-21)37-11-15-8-16(37)10-28-15/h5-7,9,12,15-16,28H,8,10-11H2,1-4H3,(H2,27,33,34)(H,29,30,31)(H2,32,35,36,38)/t15-,16-/m0/s1. The molecule has 1 aromatic carbocycles. The molecule has 4 aromatic rings. The second kappa shape index (κ2) is 8.91. The maximum Gasteiger partial charge on any atom is 0.256 e. The number of piperazine rings is 1. The van der Waals surface area contributed by atoms with Crippen molar-refractivity contribution in [3.05, 3.63) is 47.4 Å². The highest BCUT2D eigenvalue weighted by Gasteiger charge is 2.39. The number of benzene rings is 1. The Bertz CT molecular complexity index is 1540. The van der Waals surface area contributed by atoms with Crippen LogP contribution in [0, 0.1) is 6.92 Å². The first kappa shape index (κ1) is 24.0. The number of carbonyl (C=O) groups excluding carboxylic acids is 1. The lowest BCUT2D eigenvalue weighted by atomic mass is 9.92. The molecule has 196 valence electrons. The highest BCUT2D eigenvalue weighted by atomic mass is 16.1. The Kier molecular flexibility index (Phi) is 5.64. The van der Waals surface area contributed by atoms with Gasteiger partial charge in [-0.15, -0.1) is 0 Å². The zero-order valence-electron chi connectivity index (χ0n) is 21.8. The summed E-state index contributed by atoms with van der Waals surface area (Å²) in [5.74, 6) is 1.68. The number of hydrogen-bond donors (Lipinski definition) is 5. The Balaban J connectivity index is 1.28. The third-order valence-corrected chi connectivity index (χ3v) is 7.16. The van der Waals surface area contributed by atoms with Gasteiger partial charge in [-0.3, -0.25) is 9.89 Å². The molecule has 0 radical (unpaired) electrons. The fourth-order valence-corrected chi connectivity index (χ4v) is 4.97. The van der Waals surface area contributed by atoms with E-state index in [9.17, 15) is 4.79 Å². The van der Waals surface area contributed by atoms with Crippen molar-refractivity contribution in [2.75, 3.05) is 34.4 Å². The summed E-state index contributed by atoms with van der Waals surface area (Å²) in [5.41, 5.74) is 10.2. The van der Waals surface area contributed by atoms with E-state index in [1.165, 1.54) is 6.33 Å². The number of nitrogens with zero attached hydrogens (tertiary/aromatic N) is 6. The van der Waals surface area contributed by atoms with Crippen molar-refractivity contribution in [1.29, 1.82) is 0 Å². The van der Waals surface area contributed by atoms with Crippen LogP contribution in [0.4, 0.5) is 29.1 Å². The van der Waals surface area contributed by atoms with Crippen LogP contribution in [0.3, 0.4) is 0 Å². The van der Waals surface area contributed by atoms with E-state index in [1.807, 2.05) is 19.1 Å². The van der Waals surface area contributed by atoms with Crippen molar-refractivity contribution in [3.63, 3.8) is 0 Å². The number of H-pyrrole nitrogens is 1. The molecule has 2 atom stereocenters. The molecular weight excluding hydrogens is 482 g/mol. The molecule has 12 heteroatoms. The summed E-state index contributed by atoms with van der Waals surface area (Å²) in [6, 6.07) is 8.10. The smallest absolute Gasteiger partial charge is 0.256 e. The first-order valence-corrected chi connectivity index (χ1v) is 12.7. The zero-order chi connectivity index (χ0) is 26.6. The molecule has 38 heavy (non-hydrogen) atoms. The van der Waals surface area contributed by atoms with E-state index in [-0.39, 0.29) is 11.3 Å². The molecule has 6 rings (SSSR count). The molecule has 0 spiro atoms. The highest BCUT2D eigenvalue weighted by Crippen LogP contribution is 2.32. The molecule has 2 fully saturated rings. The third-order valence-electron chi connectivity index (χ3n) is 7.16. The van der Waals surface area contributed by atoms with E-state index >= 15 is 0 Å². The van der Waals surface area contributed by atoms with Gasteiger partial charge in [0.1, 0.15) is 23.2 Å². The van der Waals surface area contributed by atoms with Crippen LogP contribution in [-0.2, 0) is 5.41 Å². The first-order chi connectivity index (χ1) is 18.2. The Morgan fingerprint density at radius 1 is 1.16 bits per heavy atom. The predicted octanol–water partition coefficient (Wildman–Crippen LogP) is 2.88. The topological polar surface area (TPSA) is 163 Å². The Morgan fingerprint density at radius 2 is 2.00 bits per heavy atom. The molecule has 2 bridgehead atoms. The van der Waals surface area contributed by atoms with Gasteiger partial charge in [-0.05, 0) is 31.0 Å². The fraction of sp³-hybridized carbons (Fsp3) is 0.385. The monoisotopic (exact) mass is 513 g/mol. The van der Waals surface area contributed by atoms with E-state index in [4.69, 9.17) is 10.7 Å². The number of hydrogen-bond acceptors (Lipinski definition) is 10. The Labute approximate surface area is 219 Å². The van der Waals surface area contributed by atoms with E-state index in [0.29, 0.717) is 52.1 Å². The van der Waals surface area contributed by atoms with Crippen molar-refractivity contribution in [1.82, 2.24) is 35.5 Å². The van der Waals surface area contributed by atoms with Gasteiger partial charge in [-0.1, -0.05) is 26.8 Å². The average molecular weight is 514 g/mol. The third kappa shape index (κ3) is 4.36. The first-order valence-electron chi connectivity index (χ1n) is 12.7. The van der Waals surface area contributed by atoms with Crippen LogP contribution in [0.15, 0.2) is 30.6 Å². The molecule has 0 unspecified atom stereocenters. The summed E-state index contributed by atoms with van der Waals surface area (Å²) in [6.45, 7) is 9.91. The lowest BCUT2D eigenvalue weighted by Gasteiger charge is -2.27. The van der Waals surface area contributed by atoms with E-state index < -0.39 is 0 Å². The molecule has 0 saturated carbocycles. The van der Waals surface area contributed by atoms with Crippen molar-refractivity contribution in [3.8, 4) is 0 Å². The predicted molar refractivity (Wildman–Crippen MR) is 147 cm³/mol. The van der Waals surface area contributed by atoms with Gasteiger partial charge in [0.25, 0.3) is 5.91 Å². The molecule has 2 aliphatic rings. The number of aryl methyl sites for hydroxylation is 1. The van der Waals surface area contributed by atoms with Crippen molar-refractivity contribution < 1.29 is 4.79 Å². The lowest BCUT2D eigenvalue weighted by molar-refractivity contribution is 0.102. The SMILES string of the molecule is Cc1ccc(C(=O)Nc2cc(C(C)(C)C)n[nH]2)cc1Nc1ncnc2c(N)nc(N3C[C@@H]4C[C@H]3CN4)nc12. The van der Waals surface area contributed by atoms with Crippen LogP contribution in [0.2, 0.25) is 0 Å². The number of nitrogens with one attached hydrogen (secondary N) is 4. The number of aromatic amines is 1. The minimum absolute atomic E-state index is 0.126. The molecule has 12 nitrogen and oxygen atoms in total. The second-order valence-electron chi connectivity index (χ2n) is 11.0. The van der Waals surface area contributed by atoms with Crippen LogP contribution in [0.5, 0.6) is 0 Å². The quantitative estimate of drug-likeness (QED) is 0.268. The van der Waals surface area contributed by atoms with E-state index in [2.05, 4.69) is 66.8 Å². The molecule has 0 aliphatic carbocycles. The van der Waals surface area contributed by atoms with Crippen molar-refractivity contribution in [2.45, 2.75) is 51.6 Å². The van der Waals surface area contributed by atoms with Crippen LogP contribution in [-0.4, -0.2) is 61.2 Å². The molecular formula is C26H31N11O. The normalized spacial score (nSPS) is 18.8. The fourth-order valence-electron chi connectivity index (χ4n) is 4.97. The van der Waals surface area contributed by atoms with Gasteiger partial charge in [0, 0.05) is 47.9 Å². The van der Waals surface area contributed by atoms with E-state index in [0.717, 1.165) is 36.5 Å². The molecule has 2 saturated heterocycles. The minimum atomic E-state index is -0.253. The zero-order valence-corrected chi connectivity index (χ0v) is 21.8. The Hall–Kier alpha value is -4.32. The summed E-state index contributed by atoms with van der Waals surface area (Å²) >= 11 is 0. The molecule has 2 aliphatic heterocycles. The summed E-state index contributed by atoms with van der Waals surface area (Å²) in [4.78, 5) is 33.4. The number of rotatable bonds is 5. The van der Waals surface area contributed by atoms with Crippen molar-refractivity contribution >= 4 is 46.0 Å². The number of aromatic nitrogens is 6.